The molecule has 1 saturated carbocycles. The van der Waals surface area contributed by atoms with Gasteiger partial charge in [0.05, 0.1) is 17.0 Å². The third kappa shape index (κ3) is 2.24. The average molecular weight is 207 g/mol. The molecule has 1 aliphatic carbocycles. The predicted octanol–water partition coefficient (Wildman–Crippen LogP) is 3.14. The summed E-state index contributed by atoms with van der Waals surface area (Å²) in [5.74, 6) is 0.715. The zero-order valence-corrected chi connectivity index (χ0v) is 8.54. The third-order valence-electron chi connectivity index (χ3n) is 2.55. The highest BCUT2D eigenvalue weighted by Gasteiger charge is 2.26. The van der Waals surface area contributed by atoms with Crippen LogP contribution in [0.15, 0.2) is 18.5 Å². The van der Waals surface area contributed by atoms with Gasteiger partial charge in [-0.2, -0.15) is 5.26 Å². The van der Waals surface area contributed by atoms with Crippen LogP contribution in [0.2, 0.25) is 5.02 Å². The van der Waals surface area contributed by atoms with Crippen LogP contribution < -0.4 is 0 Å². The van der Waals surface area contributed by atoms with E-state index >= 15 is 0 Å². The Morgan fingerprint density at radius 3 is 2.93 bits per heavy atom. The zero-order valence-electron chi connectivity index (χ0n) is 7.78. The highest BCUT2D eigenvalue weighted by atomic mass is 35.5. The fourth-order valence-electron chi connectivity index (χ4n) is 1.57. The molecule has 1 fully saturated rings. The fourth-order valence-corrected chi connectivity index (χ4v) is 1.75. The summed E-state index contributed by atoms with van der Waals surface area (Å²) in [7, 11) is 0. The molecule has 1 atom stereocenters. The Hall–Kier alpha value is -1.07. The Labute approximate surface area is 88.5 Å². The maximum Gasteiger partial charge on any atom is 0.0730 e. The normalized spacial score (nSPS) is 17.4. The number of pyridine rings is 1. The monoisotopic (exact) mass is 206 g/mol. The summed E-state index contributed by atoms with van der Waals surface area (Å²) < 4.78 is 0. The largest absolute Gasteiger partial charge is 0.263 e. The molecule has 1 heterocycles. The lowest BCUT2D eigenvalue weighted by Crippen LogP contribution is -1.97. The molecule has 0 spiro atoms. The van der Waals surface area contributed by atoms with Crippen LogP contribution >= 0.6 is 11.6 Å². The molecular weight excluding hydrogens is 196 g/mol. The van der Waals surface area contributed by atoms with E-state index in [1.807, 2.05) is 6.07 Å². The van der Waals surface area contributed by atoms with Crippen LogP contribution in [-0.2, 0) is 0 Å². The lowest BCUT2D eigenvalue weighted by atomic mass is 9.96. The van der Waals surface area contributed by atoms with E-state index in [1.165, 1.54) is 12.8 Å². The van der Waals surface area contributed by atoms with Gasteiger partial charge in [-0.1, -0.05) is 24.4 Å². The highest BCUT2D eigenvalue weighted by Crippen LogP contribution is 2.38. The van der Waals surface area contributed by atoms with Gasteiger partial charge in [-0.05, 0) is 24.0 Å². The maximum absolute atomic E-state index is 9.03. The molecule has 0 bridgehead atoms. The first kappa shape index (κ1) is 9.48. The molecule has 1 unspecified atom stereocenters. The van der Waals surface area contributed by atoms with Crippen LogP contribution in [-0.4, -0.2) is 4.98 Å². The second kappa shape index (κ2) is 3.98. The van der Waals surface area contributed by atoms with E-state index in [0.717, 1.165) is 17.9 Å². The molecule has 0 aromatic carbocycles. The van der Waals surface area contributed by atoms with Crippen molar-refractivity contribution in [2.24, 2.45) is 5.92 Å². The maximum atomic E-state index is 9.03. The van der Waals surface area contributed by atoms with Crippen molar-refractivity contribution in [1.82, 2.24) is 4.98 Å². The van der Waals surface area contributed by atoms with Gasteiger partial charge in [-0.25, -0.2) is 0 Å². The van der Waals surface area contributed by atoms with Crippen molar-refractivity contribution in [2.75, 3.05) is 0 Å². The van der Waals surface area contributed by atoms with Crippen LogP contribution in [0.3, 0.4) is 0 Å². The summed E-state index contributed by atoms with van der Waals surface area (Å²) in [6, 6.07) is 4.16. The SMILES string of the molecule is N#CC(CC1CC1)c1cncc(Cl)c1. The van der Waals surface area contributed by atoms with Gasteiger partial charge in [0.2, 0.25) is 0 Å². The van der Waals surface area contributed by atoms with Gasteiger partial charge in [0.1, 0.15) is 0 Å². The number of hydrogen-bond acceptors (Lipinski definition) is 2. The molecule has 1 aromatic heterocycles. The highest BCUT2D eigenvalue weighted by molar-refractivity contribution is 6.30. The minimum atomic E-state index is -0.0336. The molecule has 0 amide bonds. The summed E-state index contributed by atoms with van der Waals surface area (Å²) in [6.45, 7) is 0. The summed E-state index contributed by atoms with van der Waals surface area (Å²) >= 11 is 5.83. The number of hydrogen-bond donors (Lipinski definition) is 0. The summed E-state index contributed by atoms with van der Waals surface area (Å²) in [6.07, 6.45) is 6.83. The summed E-state index contributed by atoms with van der Waals surface area (Å²) in [4.78, 5) is 4.00. The molecule has 0 N–H and O–H groups in total. The zero-order chi connectivity index (χ0) is 9.97. The van der Waals surface area contributed by atoms with Crippen molar-refractivity contribution in [3.8, 4) is 6.07 Å². The molecular formula is C11H11ClN2. The minimum Gasteiger partial charge on any atom is -0.263 e. The van der Waals surface area contributed by atoms with E-state index in [0.29, 0.717) is 5.02 Å². The second-order valence-corrected chi connectivity index (χ2v) is 4.23. The Balaban J connectivity index is 2.14. The first-order valence-corrected chi connectivity index (χ1v) is 5.17. The van der Waals surface area contributed by atoms with Crippen molar-refractivity contribution in [3.63, 3.8) is 0 Å². The Bertz CT molecular complexity index is 366. The van der Waals surface area contributed by atoms with E-state index in [4.69, 9.17) is 16.9 Å². The van der Waals surface area contributed by atoms with Crippen LogP contribution in [0.4, 0.5) is 0 Å². The van der Waals surface area contributed by atoms with Crippen LogP contribution in [0.25, 0.3) is 0 Å². The topological polar surface area (TPSA) is 36.7 Å². The molecule has 1 aliphatic rings. The predicted molar refractivity (Wildman–Crippen MR) is 54.9 cm³/mol. The quantitative estimate of drug-likeness (QED) is 0.762. The van der Waals surface area contributed by atoms with Crippen molar-refractivity contribution in [3.05, 3.63) is 29.0 Å². The van der Waals surface area contributed by atoms with Gasteiger partial charge >= 0.3 is 0 Å². The van der Waals surface area contributed by atoms with E-state index in [-0.39, 0.29) is 5.92 Å². The molecule has 0 aliphatic heterocycles. The Kier molecular flexibility index (Phi) is 2.69. The van der Waals surface area contributed by atoms with Crippen LogP contribution in [0, 0.1) is 17.2 Å². The lowest BCUT2D eigenvalue weighted by Gasteiger charge is -2.07. The smallest absolute Gasteiger partial charge is 0.0730 e. The molecule has 0 radical (unpaired) electrons. The fraction of sp³-hybridized carbons (Fsp3) is 0.455. The van der Waals surface area contributed by atoms with Gasteiger partial charge in [-0.3, -0.25) is 4.98 Å². The number of aromatic nitrogens is 1. The van der Waals surface area contributed by atoms with Gasteiger partial charge in [-0.15, -0.1) is 0 Å². The van der Waals surface area contributed by atoms with Crippen molar-refractivity contribution in [2.45, 2.75) is 25.2 Å². The van der Waals surface area contributed by atoms with Crippen molar-refractivity contribution in [1.29, 1.82) is 5.26 Å². The van der Waals surface area contributed by atoms with E-state index in [9.17, 15) is 0 Å². The van der Waals surface area contributed by atoms with Crippen LogP contribution in [0.1, 0.15) is 30.7 Å². The average Bonchev–Trinajstić information content (AvgIpc) is 2.98. The minimum absolute atomic E-state index is 0.0336. The van der Waals surface area contributed by atoms with Gasteiger partial charge in [0.15, 0.2) is 0 Å². The number of rotatable bonds is 3. The number of nitrogens with zero attached hydrogens (tertiary/aromatic N) is 2. The van der Waals surface area contributed by atoms with Gasteiger partial charge in [0, 0.05) is 12.4 Å². The molecule has 14 heavy (non-hydrogen) atoms. The van der Waals surface area contributed by atoms with E-state index in [1.54, 1.807) is 12.4 Å². The Morgan fingerprint density at radius 2 is 2.36 bits per heavy atom. The summed E-state index contributed by atoms with van der Waals surface area (Å²) in [5, 5.41) is 9.64. The van der Waals surface area contributed by atoms with Gasteiger partial charge < -0.3 is 0 Å². The Morgan fingerprint density at radius 1 is 1.57 bits per heavy atom. The standard InChI is InChI=1S/C11H11ClN2/c12-11-4-10(6-14-7-11)9(5-13)3-8-1-2-8/h4,6-9H,1-3H2. The van der Waals surface area contributed by atoms with E-state index in [2.05, 4.69) is 11.1 Å². The first-order valence-electron chi connectivity index (χ1n) is 4.79. The molecule has 72 valence electrons. The molecule has 3 heteroatoms. The van der Waals surface area contributed by atoms with Crippen LogP contribution in [0.5, 0.6) is 0 Å². The third-order valence-corrected chi connectivity index (χ3v) is 2.76. The molecule has 1 aromatic rings. The molecule has 2 rings (SSSR count). The molecule has 2 nitrogen and oxygen atoms in total. The lowest BCUT2D eigenvalue weighted by molar-refractivity contribution is 0.669. The second-order valence-electron chi connectivity index (χ2n) is 3.80. The number of halogens is 1. The van der Waals surface area contributed by atoms with E-state index < -0.39 is 0 Å². The van der Waals surface area contributed by atoms with Gasteiger partial charge in [0.25, 0.3) is 0 Å². The van der Waals surface area contributed by atoms with Crippen molar-refractivity contribution >= 4 is 11.6 Å². The first-order chi connectivity index (χ1) is 6.79. The van der Waals surface area contributed by atoms with Crippen molar-refractivity contribution < 1.29 is 0 Å². The summed E-state index contributed by atoms with van der Waals surface area (Å²) in [5.41, 5.74) is 0.951. The number of nitriles is 1. The molecule has 0 saturated heterocycles.